The Morgan fingerprint density at radius 3 is 2.76 bits per heavy atom. The minimum absolute atomic E-state index is 0.210. The number of carbonyl (C=O) groups is 1. The van der Waals surface area contributed by atoms with Crippen molar-refractivity contribution in [1.82, 2.24) is 10.2 Å². The van der Waals surface area contributed by atoms with E-state index >= 15 is 0 Å². The van der Waals surface area contributed by atoms with Crippen molar-refractivity contribution in [2.24, 2.45) is 5.92 Å². The standard InChI is InChI=1S/C16H19N3O2/c17-9-12-5-6-13(21-12)14-18-16(7-1-2-8-16)15(20)19(14)10-11-3-4-11/h5-6,11,14,18H,1-4,7-8,10H2/t14-/m0/s1. The molecule has 21 heavy (non-hydrogen) atoms. The van der Waals surface area contributed by atoms with E-state index in [-0.39, 0.29) is 17.6 Å². The third-order valence-corrected chi connectivity index (χ3v) is 5.01. The number of hydrogen-bond acceptors (Lipinski definition) is 4. The maximum atomic E-state index is 12.9. The lowest BCUT2D eigenvalue weighted by Gasteiger charge is -2.22. The molecule has 110 valence electrons. The number of rotatable bonds is 3. The summed E-state index contributed by atoms with van der Waals surface area (Å²) in [6.07, 6.45) is 6.24. The first-order valence-corrected chi connectivity index (χ1v) is 7.80. The Bertz CT molecular complexity index is 605. The first-order chi connectivity index (χ1) is 10.2. The lowest BCUT2D eigenvalue weighted by Crippen LogP contribution is -2.44. The van der Waals surface area contributed by atoms with Gasteiger partial charge in [-0.15, -0.1) is 0 Å². The van der Waals surface area contributed by atoms with Crippen LogP contribution >= 0.6 is 0 Å². The average Bonchev–Trinajstić information content (AvgIpc) is 2.92. The molecule has 1 amide bonds. The summed E-state index contributed by atoms with van der Waals surface area (Å²) in [6, 6.07) is 5.51. The van der Waals surface area contributed by atoms with Crippen LogP contribution in [0.2, 0.25) is 0 Å². The molecule has 1 atom stereocenters. The monoisotopic (exact) mass is 285 g/mol. The van der Waals surface area contributed by atoms with Crippen molar-refractivity contribution in [2.75, 3.05) is 6.54 Å². The highest BCUT2D eigenvalue weighted by molar-refractivity contribution is 5.89. The van der Waals surface area contributed by atoms with Gasteiger partial charge in [-0.3, -0.25) is 10.1 Å². The predicted molar refractivity (Wildman–Crippen MR) is 74.9 cm³/mol. The van der Waals surface area contributed by atoms with Gasteiger partial charge in [-0.1, -0.05) is 12.8 Å². The maximum Gasteiger partial charge on any atom is 0.244 e. The first kappa shape index (κ1) is 12.9. The minimum atomic E-state index is -0.390. The predicted octanol–water partition coefficient (Wildman–Crippen LogP) is 2.30. The fourth-order valence-corrected chi connectivity index (χ4v) is 3.68. The van der Waals surface area contributed by atoms with Crippen LogP contribution in [0.1, 0.15) is 56.2 Å². The Morgan fingerprint density at radius 2 is 2.14 bits per heavy atom. The van der Waals surface area contributed by atoms with Crippen molar-refractivity contribution in [3.05, 3.63) is 23.7 Å². The van der Waals surface area contributed by atoms with Gasteiger partial charge in [-0.05, 0) is 43.7 Å². The van der Waals surface area contributed by atoms with Gasteiger partial charge in [0.25, 0.3) is 0 Å². The van der Waals surface area contributed by atoms with Crippen molar-refractivity contribution >= 4 is 5.91 Å². The van der Waals surface area contributed by atoms with Gasteiger partial charge >= 0.3 is 0 Å². The quantitative estimate of drug-likeness (QED) is 0.925. The Balaban J connectivity index is 1.66. The van der Waals surface area contributed by atoms with Gasteiger partial charge in [0, 0.05) is 6.54 Å². The number of furan rings is 1. The Hall–Kier alpha value is -1.80. The molecule has 1 saturated heterocycles. The van der Waals surface area contributed by atoms with Gasteiger partial charge in [0.1, 0.15) is 18.0 Å². The van der Waals surface area contributed by atoms with Crippen LogP contribution < -0.4 is 5.32 Å². The van der Waals surface area contributed by atoms with Crippen molar-refractivity contribution in [3.63, 3.8) is 0 Å². The molecular weight excluding hydrogens is 266 g/mol. The van der Waals surface area contributed by atoms with Crippen LogP contribution in [0.3, 0.4) is 0 Å². The molecule has 4 rings (SSSR count). The van der Waals surface area contributed by atoms with E-state index in [1.54, 1.807) is 6.07 Å². The summed E-state index contributed by atoms with van der Waals surface area (Å²) in [7, 11) is 0. The molecule has 0 radical (unpaired) electrons. The Morgan fingerprint density at radius 1 is 1.38 bits per heavy atom. The second-order valence-corrected chi connectivity index (χ2v) is 6.55. The highest BCUT2D eigenvalue weighted by atomic mass is 16.3. The molecule has 0 unspecified atom stereocenters. The molecule has 1 spiro atoms. The summed E-state index contributed by atoms with van der Waals surface area (Å²) in [5.41, 5.74) is -0.390. The average molecular weight is 285 g/mol. The molecule has 0 aromatic carbocycles. The Labute approximate surface area is 123 Å². The molecule has 3 aliphatic rings. The molecule has 5 heteroatoms. The van der Waals surface area contributed by atoms with Crippen LogP contribution in [-0.4, -0.2) is 22.9 Å². The number of amides is 1. The van der Waals surface area contributed by atoms with Gasteiger partial charge in [0.05, 0.1) is 5.54 Å². The largest absolute Gasteiger partial charge is 0.447 e. The van der Waals surface area contributed by atoms with Gasteiger partial charge in [-0.2, -0.15) is 5.26 Å². The summed E-state index contributed by atoms with van der Waals surface area (Å²) < 4.78 is 5.58. The zero-order valence-corrected chi connectivity index (χ0v) is 12.0. The van der Waals surface area contributed by atoms with E-state index in [9.17, 15) is 4.79 Å². The molecule has 1 aliphatic heterocycles. The van der Waals surface area contributed by atoms with Crippen molar-refractivity contribution in [2.45, 2.75) is 50.2 Å². The zero-order valence-electron chi connectivity index (χ0n) is 12.0. The fraction of sp³-hybridized carbons (Fsp3) is 0.625. The molecule has 1 aromatic heterocycles. The molecule has 1 aromatic rings. The normalized spacial score (nSPS) is 27.5. The summed E-state index contributed by atoms with van der Waals surface area (Å²) in [5.74, 6) is 1.86. The number of carbonyl (C=O) groups excluding carboxylic acids is 1. The van der Waals surface area contributed by atoms with Crippen LogP contribution in [0, 0.1) is 17.2 Å². The topological polar surface area (TPSA) is 69.3 Å². The molecule has 5 nitrogen and oxygen atoms in total. The fourth-order valence-electron chi connectivity index (χ4n) is 3.68. The van der Waals surface area contributed by atoms with E-state index in [1.807, 2.05) is 17.0 Å². The van der Waals surface area contributed by atoms with E-state index in [1.165, 1.54) is 12.8 Å². The summed E-state index contributed by atoms with van der Waals surface area (Å²) >= 11 is 0. The van der Waals surface area contributed by atoms with E-state index in [2.05, 4.69) is 5.32 Å². The van der Waals surface area contributed by atoms with Crippen LogP contribution in [0.5, 0.6) is 0 Å². The van der Waals surface area contributed by atoms with E-state index in [0.717, 1.165) is 32.2 Å². The van der Waals surface area contributed by atoms with Gasteiger partial charge in [0.2, 0.25) is 11.7 Å². The van der Waals surface area contributed by atoms with Crippen molar-refractivity contribution in [3.8, 4) is 6.07 Å². The molecule has 3 fully saturated rings. The lowest BCUT2D eigenvalue weighted by atomic mass is 9.98. The maximum absolute atomic E-state index is 12.9. The third kappa shape index (κ3) is 2.06. The first-order valence-electron chi connectivity index (χ1n) is 7.80. The van der Waals surface area contributed by atoms with Crippen LogP contribution in [0.25, 0.3) is 0 Å². The van der Waals surface area contributed by atoms with Gasteiger partial charge in [0.15, 0.2) is 0 Å². The highest BCUT2D eigenvalue weighted by Crippen LogP contribution is 2.43. The van der Waals surface area contributed by atoms with Crippen LogP contribution in [0.4, 0.5) is 0 Å². The van der Waals surface area contributed by atoms with Gasteiger partial charge in [-0.25, -0.2) is 0 Å². The number of nitriles is 1. The number of hydrogen-bond donors (Lipinski definition) is 1. The second-order valence-electron chi connectivity index (χ2n) is 6.55. The van der Waals surface area contributed by atoms with E-state index in [4.69, 9.17) is 9.68 Å². The summed E-state index contributed by atoms with van der Waals surface area (Å²) in [6.45, 7) is 0.806. The SMILES string of the molecule is N#Cc1ccc([C@H]2NC3(CCCC3)C(=O)N2CC2CC2)o1. The van der Waals surface area contributed by atoms with Crippen molar-refractivity contribution < 1.29 is 9.21 Å². The third-order valence-electron chi connectivity index (χ3n) is 5.01. The summed E-state index contributed by atoms with van der Waals surface area (Å²) in [4.78, 5) is 14.9. The highest BCUT2D eigenvalue weighted by Gasteiger charge is 2.54. The second kappa shape index (κ2) is 4.60. The lowest BCUT2D eigenvalue weighted by molar-refractivity contribution is -0.133. The van der Waals surface area contributed by atoms with E-state index in [0.29, 0.717) is 17.4 Å². The van der Waals surface area contributed by atoms with E-state index < -0.39 is 0 Å². The molecule has 1 N–H and O–H groups in total. The molecule has 2 saturated carbocycles. The molecule has 2 heterocycles. The van der Waals surface area contributed by atoms with Crippen LogP contribution in [0.15, 0.2) is 16.5 Å². The minimum Gasteiger partial charge on any atom is -0.447 e. The smallest absolute Gasteiger partial charge is 0.244 e. The molecular formula is C16H19N3O2. The number of nitrogens with zero attached hydrogens (tertiary/aromatic N) is 2. The number of nitrogens with one attached hydrogen (secondary N) is 1. The molecule has 2 aliphatic carbocycles. The van der Waals surface area contributed by atoms with Crippen LogP contribution in [-0.2, 0) is 4.79 Å². The van der Waals surface area contributed by atoms with Crippen molar-refractivity contribution in [1.29, 1.82) is 5.26 Å². The zero-order chi connectivity index (χ0) is 14.4. The Kier molecular flexibility index (Phi) is 2.83. The molecule has 0 bridgehead atoms. The summed E-state index contributed by atoms with van der Waals surface area (Å²) in [5, 5.41) is 12.5. The van der Waals surface area contributed by atoms with Gasteiger partial charge < -0.3 is 9.32 Å².